The number of ether oxygens (including phenoxy) is 1. The van der Waals surface area contributed by atoms with Gasteiger partial charge in [-0.15, -0.1) is 0 Å². The van der Waals surface area contributed by atoms with Crippen LogP contribution in [0.15, 0.2) is 51.4 Å². The average molecular weight is 413 g/mol. The van der Waals surface area contributed by atoms with Crippen molar-refractivity contribution in [3.63, 3.8) is 0 Å². The standard InChI is InChI=1S/C17H19Br2NO/c1-12(15-8-7-14(18)11-16(15)19)20-10-9-13-5-3-4-6-17(13)21-2/h3-8,11-12,20H,9-10H2,1-2H3. The van der Waals surface area contributed by atoms with Crippen LogP contribution < -0.4 is 10.1 Å². The summed E-state index contributed by atoms with van der Waals surface area (Å²) in [7, 11) is 1.72. The van der Waals surface area contributed by atoms with Crippen LogP contribution in [0.5, 0.6) is 5.75 Å². The summed E-state index contributed by atoms with van der Waals surface area (Å²) in [6, 6.07) is 14.7. The Balaban J connectivity index is 1.93. The Kier molecular flexibility index (Phi) is 6.27. The Bertz CT molecular complexity index is 601. The van der Waals surface area contributed by atoms with Crippen LogP contribution in [-0.2, 0) is 6.42 Å². The Labute approximate surface area is 143 Å². The van der Waals surface area contributed by atoms with E-state index < -0.39 is 0 Å². The summed E-state index contributed by atoms with van der Waals surface area (Å²) in [6.07, 6.45) is 0.947. The maximum Gasteiger partial charge on any atom is 0.122 e. The first-order valence-electron chi connectivity index (χ1n) is 6.92. The van der Waals surface area contributed by atoms with Crippen molar-refractivity contribution in [3.8, 4) is 5.75 Å². The third-order valence-electron chi connectivity index (χ3n) is 3.47. The fourth-order valence-electron chi connectivity index (χ4n) is 2.30. The summed E-state index contributed by atoms with van der Waals surface area (Å²) < 4.78 is 7.58. The van der Waals surface area contributed by atoms with Crippen molar-refractivity contribution >= 4 is 31.9 Å². The molecule has 4 heteroatoms. The summed E-state index contributed by atoms with van der Waals surface area (Å²) in [5, 5.41) is 3.56. The van der Waals surface area contributed by atoms with E-state index in [0.29, 0.717) is 6.04 Å². The van der Waals surface area contributed by atoms with Crippen LogP contribution >= 0.6 is 31.9 Å². The van der Waals surface area contributed by atoms with Crippen molar-refractivity contribution in [1.29, 1.82) is 0 Å². The number of hydrogen-bond donors (Lipinski definition) is 1. The second-order valence-electron chi connectivity index (χ2n) is 4.90. The van der Waals surface area contributed by atoms with E-state index in [9.17, 15) is 0 Å². The summed E-state index contributed by atoms with van der Waals surface area (Å²) >= 11 is 7.10. The minimum atomic E-state index is 0.294. The monoisotopic (exact) mass is 411 g/mol. The maximum atomic E-state index is 5.38. The molecule has 2 aromatic rings. The predicted molar refractivity (Wildman–Crippen MR) is 95.0 cm³/mol. The summed E-state index contributed by atoms with van der Waals surface area (Å²) in [5.74, 6) is 0.955. The molecule has 2 nitrogen and oxygen atoms in total. The van der Waals surface area contributed by atoms with Crippen molar-refractivity contribution in [1.82, 2.24) is 5.32 Å². The minimum Gasteiger partial charge on any atom is -0.496 e. The molecule has 1 unspecified atom stereocenters. The first-order valence-corrected chi connectivity index (χ1v) is 8.50. The predicted octanol–water partition coefficient (Wildman–Crippen LogP) is 5.11. The molecule has 1 N–H and O–H groups in total. The van der Waals surface area contributed by atoms with Crippen LogP contribution in [0.3, 0.4) is 0 Å². The number of hydrogen-bond acceptors (Lipinski definition) is 2. The van der Waals surface area contributed by atoms with Crippen molar-refractivity contribution < 1.29 is 4.74 Å². The molecule has 0 amide bonds. The fourth-order valence-corrected chi connectivity index (χ4v) is 3.69. The molecule has 0 saturated carbocycles. The van der Waals surface area contributed by atoms with E-state index >= 15 is 0 Å². The molecule has 0 fully saturated rings. The molecule has 112 valence electrons. The van der Waals surface area contributed by atoms with Gasteiger partial charge in [-0.05, 0) is 49.2 Å². The van der Waals surface area contributed by atoms with Crippen LogP contribution in [0.4, 0.5) is 0 Å². The molecule has 2 aromatic carbocycles. The van der Waals surface area contributed by atoms with Crippen molar-refractivity contribution in [3.05, 3.63) is 62.5 Å². The number of para-hydroxylation sites is 1. The number of halogens is 2. The molecule has 1 atom stereocenters. The zero-order valence-corrected chi connectivity index (χ0v) is 15.4. The number of nitrogens with one attached hydrogen (secondary N) is 1. The minimum absolute atomic E-state index is 0.294. The van der Waals surface area contributed by atoms with Gasteiger partial charge in [0.05, 0.1) is 7.11 Å². The summed E-state index contributed by atoms with van der Waals surface area (Å²) in [4.78, 5) is 0. The van der Waals surface area contributed by atoms with E-state index in [4.69, 9.17) is 4.74 Å². The van der Waals surface area contributed by atoms with E-state index in [1.807, 2.05) is 18.2 Å². The first kappa shape index (κ1) is 16.5. The van der Waals surface area contributed by atoms with Gasteiger partial charge in [0.15, 0.2) is 0 Å². The number of benzene rings is 2. The Morgan fingerprint density at radius 1 is 1.14 bits per heavy atom. The zero-order chi connectivity index (χ0) is 15.2. The highest BCUT2D eigenvalue weighted by molar-refractivity contribution is 9.11. The Morgan fingerprint density at radius 2 is 1.90 bits per heavy atom. The van der Waals surface area contributed by atoms with Gasteiger partial charge in [-0.3, -0.25) is 0 Å². The van der Waals surface area contributed by atoms with Crippen LogP contribution in [-0.4, -0.2) is 13.7 Å². The zero-order valence-electron chi connectivity index (χ0n) is 12.2. The topological polar surface area (TPSA) is 21.3 Å². The lowest BCUT2D eigenvalue weighted by molar-refractivity contribution is 0.408. The van der Waals surface area contributed by atoms with Crippen molar-refractivity contribution in [2.24, 2.45) is 0 Å². The maximum absolute atomic E-state index is 5.38. The smallest absolute Gasteiger partial charge is 0.122 e. The lowest BCUT2D eigenvalue weighted by atomic mass is 10.1. The molecule has 0 saturated heterocycles. The molecule has 2 rings (SSSR count). The van der Waals surface area contributed by atoms with Crippen molar-refractivity contribution in [2.75, 3.05) is 13.7 Å². The highest BCUT2D eigenvalue weighted by atomic mass is 79.9. The highest BCUT2D eigenvalue weighted by Gasteiger charge is 2.09. The van der Waals surface area contributed by atoms with Crippen LogP contribution in [0.1, 0.15) is 24.1 Å². The second-order valence-corrected chi connectivity index (χ2v) is 6.67. The van der Waals surface area contributed by atoms with E-state index in [-0.39, 0.29) is 0 Å². The second kappa shape index (κ2) is 7.97. The van der Waals surface area contributed by atoms with Gasteiger partial charge in [-0.25, -0.2) is 0 Å². The quantitative estimate of drug-likeness (QED) is 0.711. The van der Waals surface area contributed by atoms with Crippen LogP contribution in [0.25, 0.3) is 0 Å². The van der Waals surface area contributed by atoms with E-state index in [1.54, 1.807) is 7.11 Å². The molecule has 0 aliphatic rings. The van der Waals surface area contributed by atoms with Crippen molar-refractivity contribution in [2.45, 2.75) is 19.4 Å². The highest BCUT2D eigenvalue weighted by Crippen LogP contribution is 2.26. The Morgan fingerprint density at radius 3 is 2.62 bits per heavy atom. The van der Waals surface area contributed by atoms with Gasteiger partial charge >= 0.3 is 0 Å². The summed E-state index contributed by atoms with van der Waals surface area (Å²) in [5.41, 5.74) is 2.49. The van der Waals surface area contributed by atoms with Gasteiger partial charge in [0.25, 0.3) is 0 Å². The molecular formula is C17H19Br2NO. The van der Waals surface area contributed by atoms with E-state index in [1.165, 1.54) is 11.1 Å². The molecule has 21 heavy (non-hydrogen) atoms. The third kappa shape index (κ3) is 4.56. The molecule has 0 aliphatic heterocycles. The van der Waals surface area contributed by atoms with Gasteiger partial charge in [0, 0.05) is 15.0 Å². The molecule has 0 heterocycles. The molecule has 0 spiro atoms. The van der Waals surface area contributed by atoms with Gasteiger partial charge in [0.2, 0.25) is 0 Å². The van der Waals surface area contributed by atoms with Gasteiger partial charge in [-0.2, -0.15) is 0 Å². The van der Waals surface area contributed by atoms with Gasteiger partial charge in [-0.1, -0.05) is 56.1 Å². The van der Waals surface area contributed by atoms with E-state index in [2.05, 4.69) is 68.4 Å². The normalized spacial score (nSPS) is 12.2. The molecule has 0 radical (unpaired) electrons. The van der Waals surface area contributed by atoms with Crippen LogP contribution in [0.2, 0.25) is 0 Å². The largest absolute Gasteiger partial charge is 0.496 e. The third-order valence-corrected chi connectivity index (χ3v) is 4.65. The molecule has 0 bridgehead atoms. The SMILES string of the molecule is COc1ccccc1CCNC(C)c1ccc(Br)cc1Br. The lowest BCUT2D eigenvalue weighted by Crippen LogP contribution is -2.21. The van der Waals surface area contributed by atoms with Crippen LogP contribution in [0, 0.1) is 0 Å². The average Bonchev–Trinajstić information content (AvgIpc) is 2.47. The molecule has 0 aromatic heterocycles. The first-order chi connectivity index (χ1) is 10.1. The van der Waals surface area contributed by atoms with Gasteiger partial charge in [0.1, 0.15) is 5.75 Å². The Hall–Kier alpha value is -0.840. The lowest BCUT2D eigenvalue weighted by Gasteiger charge is -2.16. The number of rotatable bonds is 6. The number of methoxy groups -OCH3 is 1. The molecule has 0 aliphatic carbocycles. The fraction of sp³-hybridized carbons (Fsp3) is 0.294. The van der Waals surface area contributed by atoms with E-state index in [0.717, 1.165) is 27.7 Å². The molecular weight excluding hydrogens is 394 g/mol. The van der Waals surface area contributed by atoms with Gasteiger partial charge < -0.3 is 10.1 Å². The summed E-state index contributed by atoms with van der Waals surface area (Å²) in [6.45, 7) is 3.08.